The van der Waals surface area contributed by atoms with Gasteiger partial charge in [0.15, 0.2) is 6.61 Å². The standard InChI is InChI=1S/C19H22N2O4S2/c1-14(22)21-16(17-8-5-10-27-17)12-19(24)25-13-18(23)20-9-11-26-15-6-3-2-4-7-15/h2-8,10,16H,9,11-13H2,1H3,(H,20,23)(H,21,22). The van der Waals surface area contributed by atoms with Crippen LogP contribution >= 0.6 is 23.1 Å². The van der Waals surface area contributed by atoms with E-state index in [1.807, 2.05) is 47.8 Å². The number of hydrogen-bond acceptors (Lipinski definition) is 6. The molecule has 1 aromatic heterocycles. The van der Waals surface area contributed by atoms with Gasteiger partial charge in [-0.25, -0.2) is 0 Å². The summed E-state index contributed by atoms with van der Waals surface area (Å²) < 4.78 is 5.02. The highest BCUT2D eigenvalue weighted by Gasteiger charge is 2.19. The second-order valence-corrected chi connectivity index (χ2v) is 7.79. The highest BCUT2D eigenvalue weighted by molar-refractivity contribution is 7.99. The molecule has 144 valence electrons. The summed E-state index contributed by atoms with van der Waals surface area (Å²) >= 11 is 3.08. The molecule has 0 saturated carbocycles. The topological polar surface area (TPSA) is 84.5 Å². The number of thiophene rings is 1. The maximum absolute atomic E-state index is 12.0. The molecule has 0 spiro atoms. The summed E-state index contributed by atoms with van der Waals surface area (Å²) in [5.41, 5.74) is 0. The second-order valence-electron chi connectivity index (χ2n) is 5.64. The minimum Gasteiger partial charge on any atom is -0.456 e. The maximum atomic E-state index is 12.0. The fourth-order valence-corrected chi connectivity index (χ4v) is 3.82. The number of benzene rings is 1. The predicted molar refractivity (Wildman–Crippen MR) is 107 cm³/mol. The summed E-state index contributed by atoms with van der Waals surface area (Å²) in [5.74, 6) is -0.373. The van der Waals surface area contributed by atoms with Gasteiger partial charge >= 0.3 is 5.97 Å². The van der Waals surface area contributed by atoms with E-state index < -0.39 is 12.0 Å². The number of carbonyl (C=O) groups excluding carboxylic acids is 3. The van der Waals surface area contributed by atoms with Crippen LogP contribution < -0.4 is 10.6 Å². The number of carbonyl (C=O) groups is 3. The summed E-state index contributed by atoms with van der Waals surface area (Å²) in [6, 6.07) is 13.1. The maximum Gasteiger partial charge on any atom is 0.308 e. The normalized spacial score (nSPS) is 11.4. The third-order valence-electron chi connectivity index (χ3n) is 3.44. The van der Waals surface area contributed by atoms with E-state index >= 15 is 0 Å². The molecule has 0 fully saturated rings. The Morgan fingerprint density at radius 1 is 1.15 bits per heavy atom. The third kappa shape index (κ3) is 8.27. The zero-order chi connectivity index (χ0) is 19.5. The lowest BCUT2D eigenvalue weighted by molar-refractivity contribution is -0.149. The zero-order valence-corrected chi connectivity index (χ0v) is 16.6. The molecule has 0 saturated heterocycles. The van der Waals surface area contributed by atoms with Crippen LogP contribution in [0.3, 0.4) is 0 Å². The molecular weight excluding hydrogens is 384 g/mol. The Hall–Kier alpha value is -2.32. The van der Waals surface area contributed by atoms with Crippen LogP contribution in [-0.2, 0) is 19.1 Å². The minimum absolute atomic E-state index is 0.0166. The smallest absolute Gasteiger partial charge is 0.308 e. The molecule has 0 bridgehead atoms. The Balaban J connectivity index is 1.66. The van der Waals surface area contributed by atoms with Gasteiger partial charge in [0.25, 0.3) is 5.91 Å². The van der Waals surface area contributed by atoms with Crippen LogP contribution in [0.4, 0.5) is 0 Å². The Morgan fingerprint density at radius 3 is 2.59 bits per heavy atom. The van der Waals surface area contributed by atoms with Gasteiger partial charge in [-0.2, -0.15) is 0 Å². The predicted octanol–water partition coefficient (Wildman–Crippen LogP) is 2.77. The second kappa shape index (κ2) is 11.4. The van der Waals surface area contributed by atoms with Gasteiger partial charge < -0.3 is 15.4 Å². The van der Waals surface area contributed by atoms with Gasteiger partial charge in [-0.05, 0) is 23.6 Å². The summed E-state index contributed by atoms with van der Waals surface area (Å²) in [6.45, 7) is 1.55. The number of thioether (sulfide) groups is 1. The lowest BCUT2D eigenvalue weighted by Crippen LogP contribution is -2.32. The van der Waals surface area contributed by atoms with Gasteiger partial charge in [0.2, 0.25) is 5.91 Å². The van der Waals surface area contributed by atoms with Crippen LogP contribution in [-0.4, -0.2) is 36.7 Å². The quantitative estimate of drug-likeness (QED) is 0.360. The molecule has 2 N–H and O–H groups in total. The molecule has 6 nitrogen and oxygen atoms in total. The SMILES string of the molecule is CC(=O)NC(CC(=O)OCC(=O)NCCSc1ccccc1)c1cccs1. The Kier molecular flexibility index (Phi) is 8.86. The first-order valence-corrected chi connectivity index (χ1v) is 10.3. The molecule has 1 heterocycles. The lowest BCUT2D eigenvalue weighted by Gasteiger charge is -2.15. The average Bonchev–Trinajstić information content (AvgIpc) is 3.18. The highest BCUT2D eigenvalue weighted by Crippen LogP contribution is 2.22. The number of hydrogen-bond donors (Lipinski definition) is 2. The lowest BCUT2D eigenvalue weighted by atomic mass is 10.1. The molecule has 0 aliphatic rings. The van der Waals surface area contributed by atoms with Gasteiger partial charge in [0.05, 0.1) is 12.5 Å². The zero-order valence-electron chi connectivity index (χ0n) is 15.0. The molecule has 1 aromatic carbocycles. The number of ether oxygens (including phenoxy) is 1. The number of esters is 1. The van der Waals surface area contributed by atoms with Gasteiger partial charge in [0, 0.05) is 29.0 Å². The van der Waals surface area contributed by atoms with Gasteiger partial charge in [-0.1, -0.05) is 24.3 Å². The highest BCUT2D eigenvalue weighted by atomic mass is 32.2. The van der Waals surface area contributed by atoms with Crippen LogP contribution in [0.2, 0.25) is 0 Å². The number of nitrogens with one attached hydrogen (secondary N) is 2. The molecule has 0 radical (unpaired) electrons. The first-order chi connectivity index (χ1) is 13.0. The largest absolute Gasteiger partial charge is 0.456 e. The first-order valence-electron chi connectivity index (χ1n) is 8.45. The Bertz CT molecular complexity index is 735. The van der Waals surface area contributed by atoms with Gasteiger partial charge in [-0.15, -0.1) is 23.1 Å². The van der Waals surface area contributed by atoms with Crippen molar-refractivity contribution >= 4 is 40.9 Å². The summed E-state index contributed by atoms with van der Waals surface area (Å²) in [4.78, 5) is 37.1. The molecular formula is C19H22N2O4S2. The van der Waals surface area contributed by atoms with E-state index in [9.17, 15) is 14.4 Å². The Morgan fingerprint density at radius 2 is 1.93 bits per heavy atom. The van der Waals surface area contributed by atoms with Gasteiger partial charge in [0.1, 0.15) is 0 Å². The van der Waals surface area contributed by atoms with E-state index in [-0.39, 0.29) is 24.8 Å². The van der Waals surface area contributed by atoms with E-state index in [1.165, 1.54) is 18.3 Å². The van der Waals surface area contributed by atoms with E-state index in [0.717, 1.165) is 15.5 Å². The van der Waals surface area contributed by atoms with Crippen LogP contribution in [0.15, 0.2) is 52.7 Å². The third-order valence-corrected chi connectivity index (χ3v) is 5.44. The van der Waals surface area contributed by atoms with Crippen molar-refractivity contribution < 1.29 is 19.1 Å². The molecule has 1 unspecified atom stereocenters. The molecule has 2 aromatic rings. The van der Waals surface area contributed by atoms with Crippen molar-refractivity contribution in [1.82, 2.24) is 10.6 Å². The molecule has 2 amide bonds. The van der Waals surface area contributed by atoms with E-state index in [2.05, 4.69) is 10.6 Å². The van der Waals surface area contributed by atoms with E-state index in [4.69, 9.17) is 4.74 Å². The van der Waals surface area contributed by atoms with Crippen molar-refractivity contribution in [1.29, 1.82) is 0 Å². The van der Waals surface area contributed by atoms with Crippen LogP contribution in [0.25, 0.3) is 0 Å². The summed E-state index contributed by atoms with van der Waals surface area (Å²) in [6.07, 6.45) is -0.0166. The summed E-state index contributed by atoms with van der Waals surface area (Å²) in [7, 11) is 0. The number of amides is 2. The van der Waals surface area contributed by atoms with Gasteiger partial charge in [-0.3, -0.25) is 14.4 Å². The van der Waals surface area contributed by atoms with E-state index in [0.29, 0.717) is 6.54 Å². The van der Waals surface area contributed by atoms with Crippen LogP contribution in [0, 0.1) is 0 Å². The van der Waals surface area contributed by atoms with Crippen LogP contribution in [0.5, 0.6) is 0 Å². The molecule has 0 aliphatic carbocycles. The molecule has 27 heavy (non-hydrogen) atoms. The van der Waals surface area contributed by atoms with Crippen molar-refractivity contribution in [3.63, 3.8) is 0 Å². The average molecular weight is 407 g/mol. The van der Waals surface area contributed by atoms with Crippen molar-refractivity contribution in [2.24, 2.45) is 0 Å². The molecule has 8 heteroatoms. The van der Waals surface area contributed by atoms with Crippen LogP contribution in [0.1, 0.15) is 24.3 Å². The fraction of sp³-hybridized carbons (Fsp3) is 0.316. The Labute approximate surface area is 166 Å². The van der Waals surface area contributed by atoms with Crippen molar-refractivity contribution in [2.45, 2.75) is 24.3 Å². The first kappa shape index (κ1) is 21.0. The molecule has 0 aliphatic heterocycles. The number of rotatable bonds is 10. The monoisotopic (exact) mass is 406 g/mol. The van der Waals surface area contributed by atoms with E-state index in [1.54, 1.807) is 11.8 Å². The molecule has 1 atom stereocenters. The summed E-state index contributed by atoms with van der Waals surface area (Å²) in [5, 5.41) is 7.31. The van der Waals surface area contributed by atoms with Crippen molar-refractivity contribution in [3.8, 4) is 0 Å². The fourth-order valence-electron chi connectivity index (χ4n) is 2.26. The van der Waals surface area contributed by atoms with Crippen molar-refractivity contribution in [3.05, 3.63) is 52.7 Å². The minimum atomic E-state index is -0.532. The molecule has 2 rings (SSSR count). The van der Waals surface area contributed by atoms with Crippen molar-refractivity contribution in [2.75, 3.05) is 18.9 Å².